The van der Waals surface area contributed by atoms with Gasteiger partial charge in [0.2, 0.25) is 5.75 Å². The summed E-state index contributed by atoms with van der Waals surface area (Å²) in [6.07, 6.45) is 1.36. The average molecular weight is 555 g/mol. The maximum absolute atomic E-state index is 13.4. The van der Waals surface area contributed by atoms with Gasteiger partial charge in [-0.1, -0.05) is 66.2 Å². The molecule has 0 bridgehead atoms. The summed E-state index contributed by atoms with van der Waals surface area (Å²) in [6.45, 7) is 2.09. The van der Waals surface area contributed by atoms with Gasteiger partial charge in [0.1, 0.15) is 6.61 Å². The Hall–Kier alpha value is -5.02. The molecule has 1 aromatic heterocycles. The van der Waals surface area contributed by atoms with Crippen molar-refractivity contribution in [1.29, 1.82) is 0 Å². The Kier molecular flexibility index (Phi) is 7.84. The van der Waals surface area contributed by atoms with Crippen LogP contribution in [0, 0.1) is 10.1 Å². The first-order valence-corrected chi connectivity index (χ1v) is 12.8. The summed E-state index contributed by atoms with van der Waals surface area (Å²) in [5.41, 5.74) is 1.68. The van der Waals surface area contributed by atoms with Gasteiger partial charge in [0.05, 0.1) is 28.6 Å². The molecule has 0 fully saturated rings. The monoisotopic (exact) mass is 554 g/mol. The lowest BCUT2D eigenvalue weighted by Crippen LogP contribution is -2.20. The zero-order valence-corrected chi connectivity index (χ0v) is 22.1. The highest BCUT2D eigenvalue weighted by Gasteiger charge is 2.23. The third-order valence-corrected chi connectivity index (χ3v) is 6.21. The van der Waals surface area contributed by atoms with E-state index < -0.39 is 4.92 Å². The van der Waals surface area contributed by atoms with E-state index in [1.165, 1.54) is 17.0 Å². The number of halogens is 1. The second kappa shape index (κ2) is 11.8. The van der Waals surface area contributed by atoms with E-state index in [2.05, 4.69) is 10.1 Å². The van der Waals surface area contributed by atoms with Gasteiger partial charge in [-0.2, -0.15) is 9.78 Å². The van der Waals surface area contributed by atoms with E-state index in [-0.39, 0.29) is 36.0 Å². The van der Waals surface area contributed by atoms with Crippen LogP contribution in [0.25, 0.3) is 22.3 Å². The minimum atomic E-state index is -0.545. The highest BCUT2D eigenvalue weighted by molar-refractivity contribution is 6.30. The average Bonchev–Trinajstić information content (AvgIpc) is 2.97. The fraction of sp³-hybridized carbons (Fsp3) is 0.100. The van der Waals surface area contributed by atoms with Crippen LogP contribution in [0.15, 0.2) is 101 Å². The molecule has 0 spiro atoms. The topological polar surface area (TPSA) is 109 Å². The van der Waals surface area contributed by atoms with E-state index in [0.29, 0.717) is 32.9 Å². The largest absolute Gasteiger partial charge is 0.490 e. The Balaban J connectivity index is 1.58. The molecule has 0 atom stereocenters. The summed E-state index contributed by atoms with van der Waals surface area (Å²) in [5, 5.41) is 17.4. The number of benzene rings is 4. The Morgan fingerprint density at radius 2 is 1.73 bits per heavy atom. The molecule has 0 amide bonds. The number of nitrogens with zero attached hydrogens (tertiary/aromatic N) is 4. The van der Waals surface area contributed by atoms with Gasteiger partial charge in [-0.25, -0.2) is 4.98 Å². The maximum Gasteiger partial charge on any atom is 0.315 e. The van der Waals surface area contributed by atoms with Crippen LogP contribution in [0.1, 0.15) is 18.1 Å². The summed E-state index contributed by atoms with van der Waals surface area (Å²) < 4.78 is 12.7. The number of aromatic nitrogens is 2. The van der Waals surface area contributed by atoms with Gasteiger partial charge in [0.15, 0.2) is 11.6 Å². The van der Waals surface area contributed by atoms with E-state index in [4.69, 9.17) is 21.1 Å². The van der Waals surface area contributed by atoms with Gasteiger partial charge in [-0.15, -0.1) is 0 Å². The number of rotatable bonds is 9. The van der Waals surface area contributed by atoms with Crippen molar-refractivity contribution in [3.63, 3.8) is 0 Å². The summed E-state index contributed by atoms with van der Waals surface area (Å²) in [4.78, 5) is 29.6. The van der Waals surface area contributed by atoms with E-state index in [9.17, 15) is 14.9 Å². The molecule has 4 aromatic carbocycles. The van der Waals surface area contributed by atoms with Crippen molar-refractivity contribution in [3.8, 4) is 22.9 Å². The van der Waals surface area contributed by atoms with Crippen LogP contribution in [0.2, 0.25) is 5.02 Å². The number of ether oxygens (including phenoxy) is 2. The van der Waals surface area contributed by atoms with Crippen LogP contribution in [-0.2, 0) is 6.61 Å². The van der Waals surface area contributed by atoms with Crippen molar-refractivity contribution in [3.05, 3.63) is 128 Å². The standard InChI is InChI=1S/C30H23ClN4O5/c1-2-39-27-17-21(16-26(35(37)38)28(27)40-19-20-12-14-23(31)15-13-20)18-32-34-29(22-8-4-3-5-9-22)33-25-11-7-6-10-24(25)30(34)36/h3-18H,2,19H2,1H3. The third-order valence-electron chi connectivity index (χ3n) is 5.96. The molecule has 40 heavy (non-hydrogen) atoms. The molecular weight excluding hydrogens is 532 g/mol. The predicted molar refractivity (Wildman–Crippen MR) is 154 cm³/mol. The number of hydrogen-bond donors (Lipinski definition) is 0. The highest BCUT2D eigenvalue weighted by Crippen LogP contribution is 2.39. The molecule has 0 radical (unpaired) electrons. The smallest absolute Gasteiger partial charge is 0.315 e. The number of para-hydroxylation sites is 1. The first-order valence-electron chi connectivity index (χ1n) is 12.4. The van der Waals surface area contributed by atoms with Crippen LogP contribution < -0.4 is 15.0 Å². The fourth-order valence-corrected chi connectivity index (χ4v) is 4.22. The molecule has 0 N–H and O–H groups in total. The van der Waals surface area contributed by atoms with Crippen molar-refractivity contribution < 1.29 is 14.4 Å². The Labute approximate surface area is 234 Å². The lowest BCUT2D eigenvalue weighted by atomic mass is 10.1. The number of nitro benzene ring substituents is 1. The first-order chi connectivity index (χ1) is 19.4. The Morgan fingerprint density at radius 3 is 2.45 bits per heavy atom. The molecule has 200 valence electrons. The van der Waals surface area contributed by atoms with Crippen molar-refractivity contribution in [1.82, 2.24) is 9.66 Å². The molecule has 10 heteroatoms. The zero-order chi connectivity index (χ0) is 28.1. The minimum absolute atomic E-state index is 0.00605. The highest BCUT2D eigenvalue weighted by atomic mass is 35.5. The lowest BCUT2D eigenvalue weighted by molar-refractivity contribution is -0.386. The second-order valence-corrected chi connectivity index (χ2v) is 9.09. The number of fused-ring (bicyclic) bond motifs is 1. The first kappa shape index (κ1) is 26.6. The van der Waals surface area contributed by atoms with E-state index in [1.807, 2.05) is 36.4 Å². The van der Waals surface area contributed by atoms with Gasteiger partial charge in [0, 0.05) is 22.2 Å². The molecule has 5 aromatic rings. The molecule has 0 saturated heterocycles. The molecular formula is C30H23ClN4O5. The molecule has 9 nitrogen and oxygen atoms in total. The molecule has 0 aliphatic rings. The summed E-state index contributed by atoms with van der Waals surface area (Å²) in [6, 6.07) is 26.1. The van der Waals surface area contributed by atoms with Crippen LogP contribution in [0.4, 0.5) is 5.69 Å². The van der Waals surface area contributed by atoms with Gasteiger partial charge < -0.3 is 9.47 Å². The minimum Gasteiger partial charge on any atom is -0.490 e. The van der Waals surface area contributed by atoms with E-state index in [0.717, 1.165) is 5.56 Å². The second-order valence-electron chi connectivity index (χ2n) is 8.65. The zero-order valence-electron chi connectivity index (χ0n) is 21.4. The van der Waals surface area contributed by atoms with Crippen LogP contribution in [-0.4, -0.2) is 27.4 Å². The number of nitro groups is 1. The Morgan fingerprint density at radius 1 is 1.00 bits per heavy atom. The maximum atomic E-state index is 13.4. The molecule has 0 aliphatic heterocycles. The third kappa shape index (κ3) is 5.69. The van der Waals surface area contributed by atoms with Crippen LogP contribution in [0.3, 0.4) is 0 Å². The van der Waals surface area contributed by atoms with Gasteiger partial charge in [-0.3, -0.25) is 14.9 Å². The van der Waals surface area contributed by atoms with Crippen molar-refractivity contribution in [2.24, 2.45) is 5.10 Å². The lowest BCUT2D eigenvalue weighted by Gasteiger charge is -2.13. The van der Waals surface area contributed by atoms with Gasteiger partial charge in [0.25, 0.3) is 5.56 Å². The molecule has 0 unspecified atom stereocenters. The quantitative estimate of drug-likeness (QED) is 0.117. The van der Waals surface area contributed by atoms with E-state index >= 15 is 0 Å². The van der Waals surface area contributed by atoms with Gasteiger partial charge >= 0.3 is 5.69 Å². The summed E-state index contributed by atoms with van der Waals surface area (Å²) >= 11 is 5.95. The molecule has 5 rings (SSSR count). The van der Waals surface area contributed by atoms with Crippen molar-refractivity contribution in [2.45, 2.75) is 13.5 Å². The van der Waals surface area contributed by atoms with Crippen LogP contribution in [0.5, 0.6) is 11.5 Å². The van der Waals surface area contributed by atoms with Crippen LogP contribution >= 0.6 is 11.6 Å². The SMILES string of the molecule is CCOc1cc(C=Nn2c(-c3ccccc3)nc3ccccc3c2=O)cc([N+](=O)[O-])c1OCc1ccc(Cl)cc1. The summed E-state index contributed by atoms with van der Waals surface area (Å²) in [7, 11) is 0. The van der Waals surface area contributed by atoms with E-state index in [1.54, 1.807) is 55.5 Å². The van der Waals surface area contributed by atoms with Gasteiger partial charge in [-0.05, 0) is 42.8 Å². The molecule has 0 saturated carbocycles. The normalized spacial score (nSPS) is 11.2. The predicted octanol–water partition coefficient (Wildman–Crippen LogP) is 6.49. The molecule has 0 aliphatic carbocycles. The molecule has 1 heterocycles. The Bertz CT molecular complexity index is 1770. The fourth-order valence-electron chi connectivity index (χ4n) is 4.09. The van der Waals surface area contributed by atoms with Crippen molar-refractivity contribution >= 4 is 34.4 Å². The van der Waals surface area contributed by atoms with Crippen molar-refractivity contribution in [2.75, 3.05) is 6.61 Å². The summed E-state index contributed by atoms with van der Waals surface area (Å²) in [5.74, 6) is 0.510. The number of hydrogen-bond acceptors (Lipinski definition) is 7.